The number of aromatic nitrogens is 5. The van der Waals surface area contributed by atoms with Crippen molar-refractivity contribution in [2.45, 2.75) is 24.4 Å². The van der Waals surface area contributed by atoms with Crippen LogP contribution in [0.2, 0.25) is 0 Å². The first-order chi connectivity index (χ1) is 7.72. The SMILES string of the molecule is CCn1cncc1CSc1nnc(N)n1C. The van der Waals surface area contributed by atoms with Gasteiger partial charge in [0.05, 0.1) is 6.33 Å². The lowest BCUT2D eigenvalue weighted by Gasteiger charge is -2.04. The normalized spacial score (nSPS) is 10.9. The molecule has 0 bridgehead atoms. The summed E-state index contributed by atoms with van der Waals surface area (Å²) >= 11 is 1.60. The number of hydrogen-bond acceptors (Lipinski definition) is 5. The van der Waals surface area contributed by atoms with Gasteiger partial charge >= 0.3 is 0 Å². The maximum absolute atomic E-state index is 5.60. The zero-order valence-corrected chi connectivity index (χ0v) is 10.1. The highest BCUT2D eigenvalue weighted by Crippen LogP contribution is 2.21. The van der Waals surface area contributed by atoms with Crippen molar-refractivity contribution in [2.75, 3.05) is 5.73 Å². The molecule has 0 aliphatic heterocycles. The summed E-state index contributed by atoms with van der Waals surface area (Å²) in [5.74, 6) is 1.26. The van der Waals surface area contributed by atoms with Crippen LogP contribution in [0.25, 0.3) is 0 Å². The lowest BCUT2D eigenvalue weighted by molar-refractivity contribution is 0.732. The van der Waals surface area contributed by atoms with Gasteiger partial charge in [-0.05, 0) is 6.92 Å². The molecule has 0 fully saturated rings. The lowest BCUT2D eigenvalue weighted by atomic mass is 10.5. The summed E-state index contributed by atoms with van der Waals surface area (Å²) in [6.45, 7) is 3.02. The third kappa shape index (κ3) is 2.04. The van der Waals surface area contributed by atoms with Crippen LogP contribution in [0.5, 0.6) is 0 Å². The van der Waals surface area contributed by atoms with E-state index in [4.69, 9.17) is 5.73 Å². The number of rotatable bonds is 4. The number of hydrogen-bond donors (Lipinski definition) is 1. The molecule has 0 amide bonds. The Morgan fingerprint density at radius 2 is 2.25 bits per heavy atom. The largest absolute Gasteiger partial charge is 0.368 e. The van der Waals surface area contributed by atoms with Crippen LogP contribution in [-0.2, 0) is 19.3 Å². The molecule has 7 heteroatoms. The fraction of sp³-hybridized carbons (Fsp3) is 0.444. The fourth-order valence-electron chi connectivity index (χ4n) is 1.34. The molecule has 0 aromatic carbocycles. The van der Waals surface area contributed by atoms with E-state index in [1.165, 1.54) is 5.69 Å². The monoisotopic (exact) mass is 238 g/mol. The predicted octanol–water partition coefficient (Wildman–Crippen LogP) is 0.906. The van der Waals surface area contributed by atoms with Gasteiger partial charge < -0.3 is 10.3 Å². The van der Waals surface area contributed by atoms with E-state index in [0.29, 0.717) is 5.95 Å². The summed E-state index contributed by atoms with van der Waals surface area (Å²) in [6.07, 6.45) is 3.71. The predicted molar refractivity (Wildman–Crippen MR) is 62.9 cm³/mol. The quantitative estimate of drug-likeness (QED) is 0.801. The molecule has 0 atom stereocenters. The van der Waals surface area contributed by atoms with E-state index >= 15 is 0 Å². The standard InChI is InChI=1S/C9H14N6S/c1-3-15-6-11-4-7(15)5-16-9-13-12-8(10)14(9)2/h4,6H,3,5H2,1-2H3,(H2,10,12). The number of anilines is 1. The van der Waals surface area contributed by atoms with Crippen LogP contribution in [0.3, 0.4) is 0 Å². The number of aryl methyl sites for hydroxylation is 1. The number of imidazole rings is 1. The lowest BCUT2D eigenvalue weighted by Crippen LogP contribution is -2.00. The van der Waals surface area contributed by atoms with Crippen LogP contribution >= 0.6 is 11.8 Å². The second-order valence-corrected chi connectivity index (χ2v) is 4.30. The van der Waals surface area contributed by atoms with E-state index in [9.17, 15) is 0 Å². The summed E-state index contributed by atoms with van der Waals surface area (Å²) in [7, 11) is 1.86. The van der Waals surface area contributed by atoms with E-state index in [-0.39, 0.29) is 0 Å². The summed E-state index contributed by atoms with van der Waals surface area (Å²) < 4.78 is 3.88. The van der Waals surface area contributed by atoms with Gasteiger partial charge in [0.15, 0.2) is 5.16 Å². The van der Waals surface area contributed by atoms with E-state index < -0.39 is 0 Å². The zero-order chi connectivity index (χ0) is 11.5. The minimum atomic E-state index is 0.437. The molecule has 0 aliphatic rings. The van der Waals surface area contributed by atoms with Gasteiger partial charge in [-0.3, -0.25) is 4.57 Å². The maximum Gasteiger partial charge on any atom is 0.222 e. The smallest absolute Gasteiger partial charge is 0.222 e. The molecule has 86 valence electrons. The number of thioether (sulfide) groups is 1. The molecule has 0 aliphatic carbocycles. The van der Waals surface area contributed by atoms with Crippen molar-refractivity contribution in [3.05, 3.63) is 18.2 Å². The summed E-state index contributed by atoms with van der Waals surface area (Å²) in [4.78, 5) is 4.11. The Bertz CT molecular complexity index is 474. The first kappa shape index (κ1) is 11.0. The van der Waals surface area contributed by atoms with Crippen molar-refractivity contribution in [2.24, 2.45) is 7.05 Å². The number of nitrogens with two attached hydrogens (primary N) is 1. The molecule has 6 nitrogen and oxygen atoms in total. The van der Waals surface area contributed by atoms with Crippen LogP contribution in [-0.4, -0.2) is 24.3 Å². The van der Waals surface area contributed by atoms with Crippen LogP contribution in [0.1, 0.15) is 12.6 Å². The van der Waals surface area contributed by atoms with Crippen molar-refractivity contribution in [1.29, 1.82) is 0 Å². The van der Waals surface area contributed by atoms with Gasteiger partial charge in [0.25, 0.3) is 0 Å². The average molecular weight is 238 g/mol. The Labute approximate surface area is 97.9 Å². The molecule has 0 spiro atoms. The molecule has 16 heavy (non-hydrogen) atoms. The van der Waals surface area contributed by atoms with Crippen molar-refractivity contribution in [3.63, 3.8) is 0 Å². The molecule has 0 radical (unpaired) electrons. The number of nitrogens with zero attached hydrogens (tertiary/aromatic N) is 5. The van der Waals surface area contributed by atoms with Gasteiger partial charge in [0, 0.05) is 31.2 Å². The Balaban J connectivity index is 2.05. The summed E-state index contributed by atoms with van der Waals surface area (Å²) in [5, 5.41) is 8.62. The Kier molecular flexibility index (Phi) is 3.14. The first-order valence-corrected chi connectivity index (χ1v) is 5.97. The van der Waals surface area contributed by atoms with Crippen molar-refractivity contribution < 1.29 is 0 Å². The third-order valence-electron chi connectivity index (χ3n) is 2.36. The van der Waals surface area contributed by atoms with Crippen LogP contribution in [0.4, 0.5) is 5.95 Å². The number of nitrogen functional groups attached to an aromatic ring is 1. The highest BCUT2D eigenvalue weighted by molar-refractivity contribution is 7.98. The van der Waals surface area contributed by atoms with Crippen LogP contribution < -0.4 is 5.73 Å². The van der Waals surface area contributed by atoms with Crippen molar-refractivity contribution in [1.82, 2.24) is 24.3 Å². The van der Waals surface area contributed by atoms with E-state index in [1.54, 1.807) is 16.3 Å². The van der Waals surface area contributed by atoms with E-state index in [0.717, 1.165) is 17.5 Å². The Hall–Kier alpha value is -1.50. The molecule has 0 unspecified atom stereocenters. The van der Waals surface area contributed by atoms with Gasteiger partial charge in [-0.25, -0.2) is 4.98 Å². The fourth-order valence-corrected chi connectivity index (χ4v) is 2.25. The summed E-state index contributed by atoms with van der Waals surface area (Å²) in [6, 6.07) is 0. The molecular formula is C9H14N6S. The minimum Gasteiger partial charge on any atom is -0.368 e. The molecule has 2 N–H and O–H groups in total. The Morgan fingerprint density at radius 1 is 1.44 bits per heavy atom. The van der Waals surface area contributed by atoms with E-state index in [2.05, 4.69) is 26.7 Å². The van der Waals surface area contributed by atoms with Crippen LogP contribution in [0, 0.1) is 0 Å². The minimum absolute atomic E-state index is 0.437. The molecule has 0 saturated carbocycles. The second kappa shape index (κ2) is 4.56. The Morgan fingerprint density at radius 3 is 2.88 bits per heavy atom. The van der Waals surface area contributed by atoms with Gasteiger partial charge in [-0.15, -0.1) is 10.2 Å². The molecule has 2 aromatic heterocycles. The second-order valence-electron chi connectivity index (χ2n) is 3.36. The van der Waals surface area contributed by atoms with E-state index in [1.807, 2.05) is 19.6 Å². The third-order valence-corrected chi connectivity index (χ3v) is 3.41. The van der Waals surface area contributed by atoms with Crippen molar-refractivity contribution >= 4 is 17.7 Å². The highest BCUT2D eigenvalue weighted by atomic mass is 32.2. The van der Waals surface area contributed by atoms with Gasteiger partial charge in [0.2, 0.25) is 5.95 Å². The molecule has 0 saturated heterocycles. The maximum atomic E-state index is 5.60. The topological polar surface area (TPSA) is 74.6 Å². The first-order valence-electron chi connectivity index (χ1n) is 4.99. The highest BCUT2D eigenvalue weighted by Gasteiger charge is 2.08. The molecule has 2 rings (SSSR count). The van der Waals surface area contributed by atoms with Crippen LogP contribution in [0.15, 0.2) is 17.7 Å². The van der Waals surface area contributed by atoms with Gasteiger partial charge in [-0.2, -0.15) is 0 Å². The van der Waals surface area contributed by atoms with Gasteiger partial charge in [0.1, 0.15) is 0 Å². The summed E-state index contributed by atoms with van der Waals surface area (Å²) in [5.41, 5.74) is 6.78. The van der Waals surface area contributed by atoms with Gasteiger partial charge in [-0.1, -0.05) is 11.8 Å². The zero-order valence-electron chi connectivity index (χ0n) is 9.29. The molecule has 2 heterocycles. The van der Waals surface area contributed by atoms with Crippen molar-refractivity contribution in [3.8, 4) is 0 Å². The molecular weight excluding hydrogens is 224 g/mol. The molecule has 2 aromatic rings. The average Bonchev–Trinajstić information content (AvgIpc) is 2.86.